The van der Waals surface area contributed by atoms with Crippen molar-refractivity contribution in [3.63, 3.8) is 0 Å². The van der Waals surface area contributed by atoms with Crippen LogP contribution in [-0.4, -0.2) is 41.1 Å². The zero-order valence-corrected chi connectivity index (χ0v) is 10.5. The Morgan fingerprint density at radius 2 is 2.31 bits per heavy atom. The molecule has 2 N–H and O–H groups in total. The van der Waals surface area contributed by atoms with Crippen molar-refractivity contribution >= 4 is 21.8 Å². The zero-order valence-electron chi connectivity index (χ0n) is 8.86. The Kier molecular flexibility index (Phi) is 4.70. The number of hydrogen-bond acceptors (Lipinski definition) is 3. The van der Waals surface area contributed by atoms with Gasteiger partial charge in [0.2, 0.25) is 0 Å². The van der Waals surface area contributed by atoms with Crippen molar-refractivity contribution in [2.24, 2.45) is 0 Å². The van der Waals surface area contributed by atoms with E-state index >= 15 is 0 Å². The number of aliphatic hydroxyl groups excluding tert-OH is 1. The molecule has 0 saturated heterocycles. The minimum Gasteiger partial charge on any atom is -0.396 e. The first-order valence-corrected chi connectivity index (χ1v) is 5.60. The summed E-state index contributed by atoms with van der Waals surface area (Å²) in [4.78, 5) is 26.8. The van der Waals surface area contributed by atoms with Gasteiger partial charge in [0.1, 0.15) is 0 Å². The molecule has 0 unspecified atom stereocenters. The highest BCUT2D eigenvalue weighted by Crippen LogP contribution is 2.07. The summed E-state index contributed by atoms with van der Waals surface area (Å²) in [6.45, 7) is 0.527. The van der Waals surface area contributed by atoms with Crippen molar-refractivity contribution in [2.45, 2.75) is 6.42 Å². The molecule has 0 radical (unpaired) electrons. The molecule has 1 aromatic heterocycles. The highest BCUT2D eigenvalue weighted by atomic mass is 79.9. The van der Waals surface area contributed by atoms with Gasteiger partial charge in [0.15, 0.2) is 0 Å². The third-order valence-electron chi connectivity index (χ3n) is 2.10. The number of rotatable bonds is 4. The molecule has 0 aliphatic rings. The van der Waals surface area contributed by atoms with E-state index in [0.717, 1.165) is 0 Å². The van der Waals surface area contributed by atoms with Crippen molar-refractivity contribution in [3.05, 3.63) is 32.7 Å². The van der Waals surface area contributed by atoms with Crippen molar-refractivity contribution in [2.75, 3.05) is 20.2 Å². The Morgan fingerprint density at radius 3 is 2.88 bits per heavy atom. The molecular formula is C10H13BrN2O3. The predicted octanol–water partition coefficient (Wildman–Crippen LogP) is 0.592. The average Bonchev–Trinajstić information content (AvgIpc) is 2.28. The van der Waals surface area contributed by atoms with Gasteiger partial charge in [-0.2, -0.15) is 0 Å². The second kappa shape index (κ2) is 5.81. The Labute approximate surface area is 101 Å². The minimum atomic E-state index is -0.269. The van der Waals surface area contributed by atoms with Gasteiger partial charge in [-0.25, -0.2) is 0 Å². The van der Waals surface area contributed by atoms with E-state index in [2.05, 4.69) is 20.9 Å². The van der Waals surface area contributed by atoms with E-state index in [-0.39, 0.29) is 18.1 Å². The summed E-state index contributed by atoms with van der Waals surface area (Å²) in [5.41, 5.74) is 0.140. The monoisotopic (exact) mass is 288 g/mol. The highest BCUT2D eigenvalue weighted by Gasteiger charge is 2.12. The predicted molar refractivity (Wildman–Crippen MR) is 63.4 cm³/mol. The van der Waals surface area contributed by atoms with Crippen LogP contribution in [0.3, 0.4) is 0 Å². The summed E-state index contributed by atoms with van der Waals surface area (Å²) in [6, 6.07) is 1.48. The number of carbonyl (C=O) groups is 1. The normalized spacial score (nSPS) is 10.2. The van der Waals surface area contributed by atoms with E-state index in [1.165, 1.54) is 17.2 Å². The van der Waals surface area contributed by atoms with Crippen LogP contribution in [0, 0.1) is 0 Å². The Morgan fingerprint density at radius 1 is 1.62 bits per heavy atom. The molecule has 0 fully saturated rings. The molecule has 1 aromatic rings. The summed E-state index contributed by atoms with van der Waals surface area (Å²) in [7, 11) is 1.65. The van der Waals surface area contributed by atoms with Crippen LogP contribution in [0.2, 0.25) is 0 Å². The van der Waals surface area contributed by atoms with E-state index in [4.69, 9.17) is 5.11 Å². The van der Waals surface area contributed by atoms with Crippen LogP contribution in [0.5, 0.6) is 0 Å². The molecule has 0 aliphatic carbocycles. The summed E-state index contributed by atoms with van der Waals surface area (Å²) in [6.07, 6.45) is 1.91. The van der Waals surface area contributed by atoms with E-state index in [1.807, 2.05) is 0 Å². The maximum absolute atomic E-state index is 11.8. The molecule has 16 heavy (non-hydrogen) atoms. The molecule has 1 amide bonds. The number of H-pyrrole nitrogens is 1. The summed E-state index contributed by atoms with van der Waals surface area (Å²) in [5, 5.41) is 8.66. The number of carbonyl (C=O) groups excluding carboxylic acids is 1. The molecule has 1 heterocycles. The lowest BCUT2D eigenvalue weighted by atomic mass is 10.2. The second-order valence-corrected chi connectivity index (χ2v) is 4.22. The number of nitrogens with zero attached hydrogens (tertiary/aromatic N) is 1. The van der Waals surface area contributed by atoms with Crippen molar-refractivity contribution in [3.8, 4) is 0 Å². The average molecular weight is 289 g/mol. The lowest BCUT2D eigenvalue weighted by Crippen LogP contribution is -2.28. The number of aromatic nitrogens is 1. The molecule has 1 rings (SSSR count). The van der Waals surface area contributed by atoms with Gasteiger partial charge >= 0.3 is 0 Å². The molecule has 0 spiro atoms. The first-order valence-electron chi connectivity index (χ1n) is 4.81. The van der Waals surface area contributed by atoms with Crippen LogP contribution in [0.15, 0.2) is 21.5 Å². The van der Waals surface area contributed by atoms with E-state index in [9.17, 15) is 9.59 Å². The van der Waals surface area contributed by atoms with Crippen LogP contribution in [0.4, 0.5) is 0 Å². The number of aromatic amines is 1. The van der Waals surface area contributed by atoms with Crippen LogP contribution >= 0.6 is 15.9 Å². The zero-order chi connectivity index (χ0) is 12.1. The van der Waals surface area contributed by atoms with Gasteiger partial charge in [-0.3, -0.25) is 9.59 Å². The fraction of sp³-hybridized carbons (Fsp3) is 0.400. The van der Waals surface area contributed by atoms with Gasteiger partial charge < -0.3 is 15.0 Å². The van der Waals surface area contributed by atoms with Gasteiger partial charge in [-0.1, -0.05) is 0 Å². The van der Waals surface area contributed by atoms with Crippen LogP contribution in [0.1, 0.15) is 16.8 Å². The maximum atomic E-state index is 11.8. The SMILES string of the molecule is CN(CCCO)C(=O)c1c[nH]c(=O)c(Br)c1. The van der Waals surface area contributed by atoms with Crippen molar-refractivity contribution in [1.29, 1.82) is 0 Å². The Hall–Kier alpha value is -1.14. The lowest BCUT2D eigenvalue weighted by Gasteiger charge is -2.16. The number of nitrogens with one attached hydrogen (secondary N) is 1. The Bertz CT molecular complexity index is 430. The van der Waals surface area contributed by atoms with Gasteiger partial charge in [0.25, 0.3) is 11.5 Å². The highest BCUT2D eigenvalue weighted by molar-refractivity contribution is 9.10. The molecule has 0 aromatic carbocycles. The summed E-state index contributed by atoms with van der Waals surface area (Å²) < 4.78 is 0.328. The first-order chi connectivity index (χ1) is 7.56. The lowest BCUT2D eigenvalue weighted by molar-refractivity contribution is 0.0786. The van der Waals surface area contributed by atoms with Crippen molar-refractivity contribution in [1.82, 2.24) is 9.88 Å². The van der Waals surface area contributed by atoms with Gasteiger partial charge in [-0.05, 0) is 28.4 Å². The minimum absolute atomic E-state index is 0.0485. The van der Waals surface area contributed by atoms with Gasteiger partial charge in [0.05, 0.1) is 10.0 Å². The van der Waals surface area contributed by atoms with E-state index in [0.29, 0.717) is 23.0 Å². The van der Waals surface area contributed by atoms with Crippen LogP contribution in [0.25, 0.3) is 0 Å². The molecule has 5 nitrogen and oxygen atoms in total. The third-order valence-corrected chi connectivity index (χ3v) is 2.69. The number of hydrogen-bond donors (Lipinski definition) is 2. The van der Waals surface area contributed by atoms with Crippen LogP contribution < -0.4 is 5.56 Å². The molecule has 0 aliphatic heterocycles. The molecule has 0 saturated carbocycles. The van der Waals surface area contributed by atoms with Gasteiger partial charge in [0, 0.05) is 26.4 Å². The first kappa shape index (κ1) is 12.9. The molecule has 88 valence electrons. The fourth-order valence-electron chi connectivity index (χ4n) is 1.21. The molecule has 0 atom stereocenters. The topological polar surface area (TPSA) is 73.4 Å². The molecule has 0 bridgehead atoms. The van der Waals surface area contributed by atoms with E-state index in [1.54, 1.807) is 7.05 Å². The maximum Gasteiger partial charge on any atom is 0.262 e. The number of pyridine rings is 1. The Balaban J connectivity index is 2.80. The summed E-state index contributed by atoms with van der Waals surface area (Å²) >= 11 is 3.06. The van der Waals surface area contributed by atoms with Crippen molar-refractivity contribution < 1.29 is 9.90 Å². The number of aliphatic hydroxyl groups is 1. The largest absolute Gasteiger partial charge is 0.396 e. The standard InChI is InChI=1S/C10H13BrN2O3/c1-13(3-2-4-14)10(16)7-5-8(11)9(15)12-6-7/h5-6,14H,2-4H2,1H3,(H,12,15). The number of amides is 1. The quantitative estimate of drug-likeness (QED) is 0.852. The second-order valence-electron chi connectivity index (χ2n) is 3.37. The smallest absolute Gasteiger partial charge is 0.262 e. The molecule has 6 heteroatoms. The fourth-order valence-corrected chi connectivity index (χ4v) is 1.57. The van der Waals surface area contributed by atoms with E-state index < -0.39 is 0 Å². The summed E-state index contributed by atoms with van der Waals surface area (Å²) in [5.74, 6) is -0.189. The third kappa shape index (κ3) is 3.18. The number of halogens is 1. The van der Waals surface area contributed by atoms with Crippen LogP contribution in [-0.2, 0) is 0 Å². The van der Waals surface area contributed by atoms with Gasteiger partial charge in [-0.15, -0.1) is 0 Å². The molecular weight excluding hydrogens is 276 g/mol.